The van der Waals surface area contributed by atoms with Crippen molar-refractivity contribution < 1.29 is 4.74 Å². The molecule has 82 valence electrons. The molecule has 0 bridgehead atoms. The summed E-state index contributed by atoms with van der Waals surface area (Å²) in [7, 11) is 0. The number of hydrogen-bond donors (Lipinski definition) is 0. The van der Waals surface area contributed by atoms with Crippen molar-refractivity contribution >= 4 is 23.2 Å². The van der Waals surface area contributed by atoms with Gasteiger partial charge in [0.2, 0.25) is 5.88 Å². The summed E-state index contributed by atoms with van der Waals surface area (Å²) < 4.78 is 5.41. The van der Waals surface area contributed by atoms with E-state index in [0.29, 0.717) is 22.7 Å². The Kier molecular flexibility index (Phi) is 3.59. The molecule has 2 rings (SSSR count). The van der Waals surface area contributed by atoms with Gasteiger partial charge in [0.25, 0.3) is 0 Å². The maximum atomic E-state index is 5.98. The van der Waals surface area contributed by atoms with E-state index in [-0.39, 0.29) is 0 Å². The Labute approximate surface area is 103 Å². The van der Waals surface area contributed by atoms with Crippen molar-refractivity contribution in [1.29, 1.82) is 0 Å². The molecule has 0 spiro atoms. The highest BCUT2D eigenvalue weighted by molar-refractivity contribution is 6.31. The molecule has 0 saturated heterocycles. The van der Waals surface area contributed by atoms with Crippen LogP contribution in [-0.2, 0) is 6.61 Å². The molecule has 2 aromatic rings. The van der Waals surface area contributed by atoms with Gasteiger partial charge in [-0.2, -0.15) is 4.98 Å². The fraction of sp³-hybridized carbons (Fsp3) is 0.0909. The fourth-order valence-corrected chi connectivity index (χ4v) is 1.49. The number of rotatable bonds is 3. The summed E-state index contributed by atoms with van der Waals surface area (Å²) in [6.45, 7) is 0.342. The Morgan fingerprint density at radius 3 is 2.69 bits per heavy atom. The van der Waals surface area contributed by atoms with Crippen molar-refractivity contribution in [2.75, 3.05) is 0 Å². The molecule has 1 aromatic carbocycles. The highest BCUT2D eigenvalue weighted by atomic mass is 35.5. The van der Waals surface area contributed by atoms with Crippen LogP contribution in [0.2, 0.25) is 10.2 Å². The maximum absolute atomic E-state index is 5.98. The van der Waals surface area contributed by atoms with E-state index < -0.39 is 0 Å². The molecule has 0 unspecified atom stereocenters. The van der Waals surface area contributed by atoms with Crippen molar-refractivity contribution in [2.24, 2.45) is 0 Å². The van der Waals surface area contributed by atoms with Crippen molar-refractivity contribution in [1.82, 2.24) is 9.97 Å². The van der Waals surface area contributed by atoms with E-state index in [2.05, 4.69) is 9.97 Å². The molecule has 0 fully saturated rings. The molecule has 1 heterocycles. The van der Waals surface area contributed by atoms with Crippen molar-refractivity contribution in [3.63, 3.8) is 0 Å². The molecule has 3 nitrogen and oxygen atoms in total. The van der Waals surface area contributed by atoms with Gasteiger partial charge >= 0.3 is 0 Å². The normalized spacial score (nSPS) is 10.1. The molecular formula is C11H8Cl2N2O. The number of halogens is 2. The van der Waals surface area contributed by atoms with Crippen LogP contribution in [0.3, 0.4) is 0 Å². The molecule has 0 saturated carbocycles. The highest BCUT2D eigenvalue weighted by Crippen LogP contribution is 2.17. The zero-order chi connectivity index (χ0) is 11.4. The summed E-state index contributed by atoms with van der Waals surface area (Å²) in [6, 6.07) is 7.46. The predicted octanol–water partition coefficient (Wildman–Crippen LogP) is 3.36. The van der Waals surface area contributed by atoms with Gasteiger partial charge < -0.3 is 4.74 Å². The van der Waals surface area contributed by atoms with Crippen molar-refractivity contribution in [2.45, 2.75) is 6.61 Å². The molecule has 5 heteroatoms. The molecule has 0 atom stereocenters. The Hall–Kier alpha value is -1.32. The van der Waals surface area contributed by atoms with E-state index >= 15 is 0 Å². The molecule has 0 aliphatic carbocycles. The minimum atomic E-state index is 0.302. The summed E-state index contributed by atoms with van der Waals surface area (Å²) in [5.74, 6) is 0.382. The summed E-state index contributed by atoms with van der Waals surface area (Å²) >= 11 is 11.7. The summed E-state index contributed by atoms with van der Waals surface area (Å²) in [5, 5.41) is 0.967. The third-order valence-corrected chi connectivity index (χ3v) is 2.47. The van der Waals surface area contributed by atoms with Crippen LogP contribution in [0, 0.1) is 0 Å². The van der Waals surface area contributed by atoms with E-state index in [9.17, 15) is 0 Å². The zero-order valence-electron chi connectivity index (χ0n) is 8.23. The van der Waals surface area contributed by atoms with Gasteiger partial charge in [0.15, 0.2) is 5.15 Å². The van der Waals surface area contributed by atoms with Crippen LogP contribution in [0.25, 0.3) is 0 Å². The van der Waals surface area contributed by atoms with E-state index in [0.717, 1.165) is 5.56 Å². The molecule has 0 radical (unpaired) electrons. The molecule has 0 N–H and O–H groups in total. The zero-order valence-corrected chi connectivity index (χ0v) is 9.74. The average Bonchev–Trinajstić information content (AvgIpc) is 2.28. The average molecular weight is 255 g/mol. The van der Waals surface area contributed by atoms with E-state index in [1.807, 2.05) is 24.3 Å². The second-order valence-corrected chi connectivity index (χ2v) is 3.85. The van der Waals surface area contributed by atoms with Gasteiger partial charge in [-0.25, -0.2) is 0 Å². The molecule has 16 heavy (non-hydrogen) atoms. The van der Waals surface area contributed by atoms with Crippen LogP contribution in [0.5, 0.6) is 5.88 Å². The van der Waals surface area contributed by atoms with Crippen LogP contribution in [0.4, 0.5) is 0 Å². The van der Waals surface area contributed by atoms with E-state index in [4.69, 9.17) is 27.9 Å². The van der Waals surface area contributed by atoms with Crippen LogP contribution in [-0.4, -0.2) is 9.97 Å². The first-order valence-corrected chi connectivity index (χ1v) is 5.35. The van der Waals surface area contributed by atoms with Gasteiger partial charge in [-0.1, -0.05) is 41.4 Å². The van der Waals surface area contributed by atoms with Crippen molar-refractivity contribution in [3.05, 3.63) is 52.4 Å². The molecule has 1 aromatic heterocycles. The summed E-state index contributed by atoms with van der Waals surface area (Å²) in [4.78, 5) is 7.82. The second kappa shape index (κ2) is 5.14. The predicted molar refractivity (Wildman–Crippen MR) is 62.8 cm³/mol. The van der Waals surface area contributed by atoms with Crippen LogP contribution < -0.4 is 4.74 Å². The fourth-order valence-electron chi connectivity index (χ4n) is 1.16. The first kappa shape index (κ1) is 11.2. The van der Waals surface area contributed by atoms with E-state index in [1.165, 1.54) is 12.4 Å². The quantitative estimate of drug-likeness (QED) is 0.843. The summed E-state index contributed by atoms with van der Waals surface area (Å²) in [5.41, 5.74) is 0.894. The Morgan fingerprint density at radius 2 is 1.94 bits per heavy atom. The molecular weight excluding hydrogens is 247 g/mol. The molecule has 0 aliphatic rings. The summed E-state index contributed by atoms with van der Waals surface area (Å²) in [6.07, 6.45) is 2.95. The van der Waals surface area contributed by atoms with Gasteiger partial charge in [-0.15, -0.1) is 0 Å². The third-order valence-electron chi connectivity index (χ3n) is 1.92. The first-order valence-electron chi connectivity index (χ1n) is 4.59. The van der Waals surface area contributed by atoms with Gasteiger partial charge in [0, 0.05) is 10.6 Å². The Morgan fingerprint density at radius 1 is 1.12 bits per heavy atom. The van der Waals surface area contributed by atoms with Crippen LogP contribution >= 0.6 is 23.2 Å². The highest BCUT2D eigenvalue weighted by Gasteiger charge is 2.01. The topological polar surface area (TPSA) is 35.0 Å². The van der Waals surface area contributed by atoms with Crippen LogP contribution in [0.15, 0.2) is 36.7 Å². The lowest BCUT2D eigenvalue weighted by molar-refractivity contribution is 0.292. The third kappa shape index (κ3) is 2.84. The van der Waals surface area contributed by atoms with E-state index in [1.54, 1.807) is 0 Å². The lowest BCUT2D eigenvalue weighted by atomic mass is 10.2. The van der Waals surface area contributed by atoms with Gasteiger partial charge in [-0.05, 0) is 6.07 Å². The largest absolute Gasteiger partial charge is 0.472 e. The lowest BCUT2D eigenvalue weighted by Crippen LogP contribution is -1.98. The monoisotopic (exact) mass is 254 g/mol. The van der Waals surface area contributed by atoms with Gasteiger partial charge in [0.05, 0.1) is 12.4 Å². The van der Waals surface area contributed by atoms with Gasteiger partial charge in [-0.3, -0.25) is 4.98 Å². The van der Waals surface area contributed by atoms with Crippen LogP contribution in [0.1, 0.15) is 5.56 Å². The molecule has 0 amide bonds. The number of ether oxygens (including phenoxy) is 1. The Bertz CT molecular complexity index is 491. The first-order chi connectivity index (χ1) is 7.75. The van der Waals surface area contributed by atoms with Crippen molar-refractivity contribution in [3.8, 4) is 5.88 Å². The minimum absolute atomic E-state index is 0.302. The smallest absolute Gasteiger partial charge is 0.234 e. The molecule has 0 aliphatic heterocycles. The maximum Gasteiger partial charge on any atom is 0.234 e. The standard InChI is InChI=1S/C11H8Cl2N2O/c12-9-4-2-1-3-8(9)7-16-11-6-14-5-10(13)15-11/h1-6H,7H2. The number of aromatic nitrogens is 2. The lowest BCUT2D eigenvalue weighted by Gasteiger charge is -2.06. The number of hydrogen-bond acceptors (Lipinski definition) is 3. The minimum Gasteiger partial charge on any atom is -0.472 e. The number of benzene rings is 1. The SMILES string of the molecule is Clc1cncc(OCc2ccccc2Cl)n1. The second-order valence-electron chi connectivity index (χ2n) is 3.06. The van der Waals surface area contributed by atoms with Gasteiger partial charge in [0.1, 0.15) is 6.61 Å². The Balaban J connectivity index is 2.05. The number of nitrogens with zero attached hydrogens (tertiary/aromatic N) is 2.